The highest BCUT2D eigenvalue weighted by atomic mass is 19.1. The molecule has 3 aromatic rings. The highest BCUT2D eigenvalue weighted by Gasteiger charge is 2.21. The van der Waals surface area contributed by atoms with E-state index in [1.807, 2.05) is 30.3 Å². The van der Waals surface area contributed by atoms with Crippen LogP contribution < -0.4 is 0 Å². The van der Waals surface area contributed by atoms with E-state index in [2.05, 4.69) is 15.1 Å². The molecule has 0 N–H and O–H groups in total. The molecule has 4 rings (SSSR count). The number of amides is 1. The number of carbonyl (C=O) groups excluding carboxylic acids is 1. The van der Waals surface area contributed by atoms with E-state index in [-0.39, 0.29) is 11.7 Å². The van der Waals surface area contributed by atoms with Gasteiger partial charge in [-0.3, -0.25) is 9.69 Å². The summed E-state index contributed by atoms with van der Waals surface area (Å²) in [6.07, 6.45) is 2.65. The van der Waals surface area contributed by atoms with E-state index >= 15 is 0 Å². The Morgan fingerprint density at radius 2 is 1.86 bits per heavy atom. The lowest BCUT2D eigenvalue weighted by Crippen LogP contribution is -2.35. The van der Waals surface area contributed by atoms with Crippen LogP contribution in [-0.2, 0) is 6.54 Å². The molecule has 1 aliphatic rings. The number of nitrogens with zero attached hydrogens (tertiary/aromatic N) is 5. The minimum Gasteiger partial charge on any atom is -0.337 e. The molecule has 0 radical (unpaired) electrons. The van der Waals surface area contributed by atoms with Gasteiger partial charge in [0.1, 0.15) is 5.82 Å². The second-order valence-corrected chi connectivity index (χ2v) is 6.89. The van der Waals surface area contributed by atoms with Crippen LogP contribution in [0.3, 0.4) is 0 Å². The summed E-state index contributed by atoms with van der Waals surface area (Å²) >= 11 is 0. The minimum absolute atomic E-state index is 0.114. The molecule has 144 valence electrons. The fourth-order valence-corrected chi connectivity index (χ4v) is 3.42. The quantitative estimate of drug-likeness (QED) is 0.700. The predicted octanol–water partition coefficient (Wildman–Crippen LogP) is 2.75. The van der Waals surface area contributed by atoms with E-state index in [0.717, 1.165) is 30.9 Å². The van der Waals surface area contributed by atoms with Crippen LogP contribution >= 0.6 is 0 Å². The maximum absolute atomic E-state index is 13.4. The van der Waals surface area contributed by atoms with Crippen LogP contribution in [0.5, 0.6) is 0 Å². The smallest absolute Gasteiger partial charge is 0.254 e. The van der Waals surface area contributed by atoms with Gasteiger partial charge in [0, 0.05) is 38.3 Å². The average Bonchev–Trinajstić information content (AvgIpc) is 3.06. The van der Waals surface area contributed by atoms with Crippen LogP contribution in [0.2, 0.25) is 0 Å². The zero-order chi connectivity index (χ0) is 19.3. The number of carbonyl (C=O) groups is 1. The summed E-state index contributed by atoms with van der Waals surface area (Å²) in [7, 11) is 0. The van der Waals surface area contributed by atoms with E-state index in [1.54, 1.807) is 28.0 Å². The number of rotatable bonds is 4. The van der Waals surface area contributed by atoms with Crippen LogP contribution in [0, 0.1) is 5.82 Å². The molecule has 1 amide bonds. The zero-order valence-electron chi connectivity index (χ0n) is 15.5. The average molecular weight is 379 g/mol. The second-order valence-electron chi connectivity index (χ2n) is 6.89. The molecule has 0 aliphatic carbocycles. The van der Waals surface area contributed by atoms with Crippen molar-refractivity contribution in [3.63, 3.8) is 0 Å². The molecule has 1 fully saturated rings. The molecule has 2 aromatic carbocycles. The topological polar surface area (TPSA) is 54.3 Å². The number of para-hydroxylation sites is 1. The molecule has 0 atom stereocenters. The van der Waals surface area contributed by atoms with Crippen molar-refractivity contribution in [3.05, 3.63) is 77.9 Å². The molecule has 1 aromatic heterocycles. The van der Waals surface area contributed by atoms with Crippen LogP contribution in [0.1, 0.15) is 22.5 Å². The number of hydrogen-bond acceptors (Lipinski definition) is 4. The number of hydrogen-bond donors (Lipinski definition) is 0. The fourth-order valence-electron chi connectivity index (χ4n) is 3.42. The first-order valence-corrected chi connectivity index (χ1v) is 9.43. The number of halogens is 1. The Balaban J connectivity index is 1.37. The Hall–Kier alpha value is -3.06. The van der Waals surface area contributed by atoms with Crippen LogP contribution in [0.4, 0.5) is 4.39 Å². The van der Waals surface area contributed by atoms with Gasteiger partial charge in [0.25, 0.3) is 5.91 Å². The molecule has 0 bridgehead atoms. The summed E-state index contributed by atoms with van der Waals surface area (Å²) in [6, 6.07) is 15.7. The molecular formula is C21H22FN5O. The number of benzene rings is 2. The molecule has 7 heteroatoms. The highest BCUT2D eigenvalue weighted by Crippen LogP contribution is 2.13. The lowest BCUT2D eigenvalue weighted by atomic mass is 10.2. The van der Waals surface area contributed by atoms with Crippen molar-refractivity contribution >= 4 is 5.91 Å². The first kappa shape index (κ1) is 18.3. The SMILES string of the molecule is O=C(c1cccc(F)c1)N1CCCN(Cc2cnn(-c3ccccc3)n2)CC1. The lowest BCUT2D eigenvalue weighted by Gasteiger charge is -2.21. The summed E-state index contributed by atoms with van der Waals surface area (Å²) in [4.78, 5) is 18.4. The summed E-state index contributed by atoms with van der Waals surface area (Å²) in [5.41, 5.74) is 2.23. The molecule has 1 saturated heterocycles. The monoisotopic (exact) mass is 379 g/mol. The fraction of sp³-hybridized carbons (Fsp3) is 0.286. The van der Waals surface area contributed by atoms with Crippen molar-refractivity contribution in [1.82, 2.24) is 24.8 Å². The summed E-state index contributed by atoms with van der Waals surface area (Å²) in [5.74, 6) is -0.500. The van der Waals surface area contributed by atoms with E-state index in [0.29, 0.717) is 25.2 Å². The Labute approximate surface area is 163 Å². The lowest BCUT2D eigenvalue weighted by molar-refractivity contribution is 0.0760. The maximum Gasteiger partial charge on any atom is 0.254 e. The molecule has 0 unspecified atom stereocenters. The minimum atomic E-state index is -0.385. The first-order valence-electron chi connectivity index (χ1n) is 9.43. The van der Waals surface area contributed by atoms with E-state index < -0.39 is 0 Å². The maximum atomic E-state index is 13.4. The van der Waals surface area contributed by atoms with E-state index in [9.17, 15) is 9.18 Å². The summed E-state index contributed by atoms with van der Waals surface area (Å²) in [6.45, 7) is 3.60. The Morgan fingerprint density at radius 3 is 2.68 bits per heavy atom. The van der Waals surface area contributed by atoms with Gasteiger partial charge in [-0.25, -0.2) is 4.39 Å². The Bertz CT molecular complexity index is 943. The standard InChI is InChI=1S/C21H22FN5O/c22-18-7-4-6-17(14-18)21(28)26-11-5-10-25(12-13-26)16-19-15-23-27(24-19)20-8-2-1-3-9-20/h1-4,6-9,14-15H,5,10-13,16H2. The molecule has 2 heterocycles. The van der Waals surface area contributed by atoms with Crippen LogP contribution in [0.15, 0.2) is 60.8 Å². The van der Waals surface area contributed by atoms with Gasteiger partial charge < -0.3 is 4.90 Å². The van der Waals surface area contributed by atoms with Gasteiger partial charge in [0.05, 0.1) is 17.6 Å². The predicted molar refractivity (Wildman–Crippen MR) is 104 cm³/mol. The molecule has 6 nitrogen and oxygen atoms in total. The Kier molecular flexibility index (Phi) is 5.43. The molecule has 0 saturated carbocycles. The molecule has 0 spiro atoms. The zero-order valence-corrected chi connectivity index (χ0v) is 15.5. The van der Waals surface area contributed by atoms with Gasteiger partial charge in [-0.05, 0) is 36.8 Å². The van der Waals surface area contributed by atoms with Gasteiger partial charge in [0.2, 0.25) is 0 Å². The Morgan fingerprint density at radius 1 is 1.00 bits per heavy atom. The third-order valence-corrected chi connectivity index (χ3v) is 4.86. The van der Waals surface area contributed by atoms with Crippen molar-refractivity contribution in [1.29, 1.82) is 0 Å². The summed E-state index contributed by atoms with van der Waals surface area (Å²) in [5, 5.41) is 8.90. The third kappa shape index (κ3) is 4.26. The van der Waals surface area contributed by atoms with Crippen molar-refractivity contribution in [2.24, 2.45) is 0 Å². The second kappa shape index (κ2) is 8.31. The third-order valence-electron chi connectivity index (χ3n) is 4.86. The normalized spacial score (nSPS) is 15.4. The van der Waals surface area contributed by atoms with Gasteiger partial charge in [0.15, 0.2) is 0 Å². The van der Waals surface area contributed by atoms with Gasteiger partial charge in [-0.1, -0.05) is 24.3 Å². The molecule has 1 aliphatic heterocycles. The van der Waals surface area contributed by atoms with Gasteiger partial charge in [-0.15, -0.1) is 0 Å². The molecular weight excluding hydrogens is 357 g/mol. The van der Waals surface area contributed by atoms with Crippen molar-refractivity contribution in [2.45, 2.75) is 13.0 Å². The van der Waals surface area contributed by atoms with Gasteiger partial charge >= 0.3 is 0 Å². The van der Waals surface area contributed by atoms with Gasteiger partial charge in [-0.2, -0.15) is 15.0 Å². The number of aromatic nitrogens is 3. The van der Waals surface area contributed by atoms with E-state index in [1.165, 1.54) is 12.1 Å². The molecule has 28 heavy (non-hydrogen) atoms. The van der Waals surface area contributed by atoms with Crippen molar-refractivity contribution < 1.29 is 9.18 Å². The highest BCUT2D eigenvalue weighted by molar-refractivity contribution is 5.94. The first-order chi connectivity index (χ1) is 13.7. The van der Waals surface area contributed by atoms with Crippen LogP contribution in [0.25, 0.3) is 5.69 Å². The van der Waals surface area contributed by atoms with Crippen molar-refractivity contribution in [2.75, 3.05) is 26.2 Å². The van der Waals surface area contributed by atoms with Crippen LogP contribution in [-0.4, -0.2) is 56.9 Å². The largest absolute Gasteiger partial charge is 0.337 e. The summed E-state index contributed by atoms with van der Waals surface area (Å²) < 4.78 is 13.4. The van der Waals surface area contributed by atoms with Crippen molar-refractivity contribution in [3.8, 4) is 5.69 Å². The van der Waals surface area contributed by atoms with E-state index in [4.69, 9.17) is 0 Å².